The largest absolute Gasteiger partial charge is 2.00 e. The number of nitrogens with one attached hydrogen (secondary N) is 2. The molecule has 2 saturated heterocycles. The van der Waals surface area contributed by atoms with Crippen LogP contribution in [0.1, 0.15) is 26.7 Å². The molecular formula is C12H20CuN2O4S6. The molecule has 149 valence electrons. The molecule has 2 unspecified atom stereocenters. The second kappa shape index (κ2) is 9.22. The molecule has 2 N–H and O–H groups in total. The van der Waals surface area contributed by atoms with Gasteiger partial charge in [0.2, 0.25) is 0 Å². The first-order chi connectivity index (χ1) is 10.7. The number of rotatable bonds is 2. The van der Waals surface area contributed by atoms with Crippen LogP contribution in [0.3, 0.4) is 0 Å². The molecule has 2 aliphatic rings. The monoisotopic (exact) mass is 511 g/mol. The van der Waals surface area contributed by atoms with Gasteiger partial charge in [-0.3, -0.25) is 0 Å². The Morgan fingerprint density at radius 2 is 1.12 bits per heavy atom. The van der Waals surface area contributed by atoms with Crippen LogP contribution in [0.2, 0.25) is 0 Å². The fourth-order valence-corrected chi connectivity index (χ4v) is 7.88. The minimum Gasteiger partial charge on any atom is -0.412 e. The summed E-state index contributed by atoms with van der Waals surface area (Å²) < 4.78 is 44.9. The SMILES string of the molecule is CC1(NC(=S)[S-])CCS(=O)(=O)C1.CC1(NC(=S)[S-])CCS(=O)(=O)C1.[Cu+2]. The minimum absolute atomic E-state index is 0. The van der Waals surface area contributed by atoms with E-state index in [1.54, 1.807) is 0 Å². The van der Waals surface area contributed by atoms with Crippen molar-refractivity contribution < 1.29 is 33.9 Å². The molecule has 0 amide bonds. The Kier molecular flexibility index (Phi) is 9.46. The van der Waals surface area contributed by atoms with Crippen molar-refractivity contribution in [1.29, 1.82) is 0 Å². The van der Waals surface area contributed by atoms with Crippen LogP contribution in [0, 0.1) is 0 Å². The molecule has 13 heteroatoms. The Morgan fingerprint density at radius 3 is 1.28 bits per heavy atom. The second-order valence-electron chi connectivity index (χ2n) is 6.63. The average molecular weight is 512 g/mol. The number of hydrogen-bond acceptors (Lipinski definition) is 8. The van der Waals surface area contributed by atoms with Crippen molar-refractivity contribution in [3.63, 3.8) is 0 Å². The standard InChI is InChI=1S/2C6H11NO2S3.Cu/c2*1-6(7-5(10)11)2-3-12(8,9)4-6;/h2*2-4H2,1H3,(H2,7,10,11);/q;;+2/p-2. The van der Waals surface area contributed by atoms with Gasteiger partial charge in [0.25, 0.3) is 0 Å². The van der Waals surface area contributed by atoms with E-state index in [4.69, 9.17) is 0 Å². The molecule has 0 spiro atoms. The smallest absolute Gasteiger partial charge is 0.412 e. The molecule has 0 aromatic carbocycles. The molecule has 0 aliphatic carbocycles. The van der Waals surface area contributed by atoms with Crippen LogP contribution >= 0.6 is 24.4 Å². The third kappa shape index (κ3) is 9.41. The van der Waals surface area contributed by atoms with Gasteiger partial charge in [-0.1, -0.05) is 8.64 Å². The fourth-order valence-electron chi connectivity index (χ4n) is 2.71. The third-order valence-corrected chi connectivity index (χ3v) is 8.03. The summed E-state index contributed by atoms with van der Waals surface area (Å²) >= 11 is 18.8. The van der Waals surface area contributed by atoms with E-state index < -0.39 is 30.8 Å². The van der Waals surface area contributed by atoms with Crippen molar-refractivity contribution >= 4 is 78.0 Å². The van der Waals surface area contributed by atoms with E-state index in [2.05, 4.69) is 60.3 Å². The van der Waals surface area contributed by atoms with Crippen LogP contribution < -0.4 is 10.6 Å². The van der Waals surface area contributed by atoms with E-state index in [1.165, 1.54) is 0 Å². The summed E-state index contributed by atoms with van der Waals surface area (Å²) in [5.41, 5.74) is -0.866. The predicted molar refractivity (Wildman–Crippen MR) is 110 cm³/mol. The zero-order valence-electron chi connectivity index (χ0n) is 13.6. The van der Waals surface area contributed by atoms with Crippen LogP contribution in [0.5, 0.6) is 0 Å². The van der Waals surface area contributed by atoms with E-state index in [-0.39, 0.29) is 48.7 Å². The van der Waals surface area contributed by atoms with Gasteiger partial charge in [0, 0.05) is 11.1 Å². The van der Waals surface area contributed by atoms with Crippen molar-refractivity contribution in [2.75, 3.05) is 23.0 Å². The first kappa shape index (κ1) is 25.6. The van der Waals surface area contributed by atoms with Crippen LogP contribution in [-0.4, -0.2) is 59.6 Å². The molecule has 6 nitrogen and oxygen atoms in total. The van der Waals surface area contributed by atoms with Crippen molar-refractivity contribution in [3.8, 4) is 0 Å². The first-order valence-electron chi connectivity index (χ1n) is 7.05. The van der Waals surface area contributed by atoms with Gasteiger partial charge in [-0.25, -0.2) is 16.8 Å². The molecule has 2 aliphatic heterocycles. The molecule has 2 rings (SSSR count). The molecule has 0 bridgehead atoms. The van der Waals surface area contributed by atoms with Gasteiger partial charge in [0.1, 0.15) is 0 Å². The second-order valence-corrected chi connectivity index (χ2v) is 13.1. The summed E-state index contributed by atoms with van der Waals surface area (Å²) in [5, 5.41) is 5.68. The maximum Gasteiger partial charge on any atom is 2.00 e. The topological polar surface area (TPSA) is 92.3 Å². The quantitative estimate of drug-likeness (QED) is 0.299. The third-order valence-electron chi connectivity index (χ3n) is 3.81. The molecule has 25 heavy (non-hydrogen) atoms. The van der Waals surface area contributed by atoms with E-state index in [0.717, 1.165) is 0 Å². The summed E-state index contributed by atoms with van der Waals surface area (Å²) in [7, 11) is -5.74. The van der Waals surface area contributed by atoms with Crippen molar-refractivity contribution in [3.05, 3.63) is 0 Å². The average Bonchev–Trinajstić information content (AvgIpc) is 2.73. The maximum absolute atomic E-state index is 11.1. The molecular weight excluding hydrogens is 492 g/mol. The van der Waals surface area contributed by atoms with E-state index >= 15 is 0 Å². The Labute approximate surface area is 182 Å². The Morgan fingerprint density at radius 1 is 0.840 bits per heavy atom. The fraction of sp³-hybridized carbons (Fsp3) is 0.833. The maximum atomic E-state index is 11.1. The first-order valence-corrected chi connectivity index (χ1v) is 12.3. The van der Waals surface area contributed by atoms with Crippen LogP contribution in [0.4, 0.5) is 0 Å². The van der Waals surface area contributed by atoms with Crippen molar-refractivity contribution in [1.82, 2.24) is 10.6 Å². The molecule has 2 fully saturated rings. The van der Waals surface area contributed by atoms with Crippen LogP contribution in [0.25, 0.3) is 0 Å². The van der Waals surface area contributed by atoms with Gasteiger partial charge in [0.15, 0.2) is 19.7 Å². The van der Waals surface area contributed by atoms with Crippen molar-refractivity contribution in [2.24, 2.45) is 0 Å². The van der Waals surface area contributed by atoms with Crippen LogP contribution in [0.15, 0.2) is 0 Å². The van der Waals surface area contributed by atoms with E-state index in [0.29, 0.717) is 12.8 Å². The number of sulfone groups is 2. The summed E-state index contributed by atoms with van der Waals surface area (Å²) in [5.74, 6) is 0.733. The zero-order chi connectivity index (χ0) is 18.8. The number of hydrogen-bond donors (Lipinski definition) is 2. The molecule has 0 aromatic heterocycles. The summed E-state index contributed by atoms with van der Waals surface area (Å²) in [6.45, 7) is 3.66. The summed E-state index contributed by atoms with van der Waals surface area (Å²) in [6.07, 6.45) is 1.18. The molecule has 0 saturated carbocycles. The Hall–Kier alpha value is 0.639. The van der Waals surface area contributed by atoms with E-state index in [9.17, 15) is 16.8 Å². The normalized spacial score (nSPS) is 31.8. The number of thiocarbonyl (C=S) groups is 2. The Bertz CT molecular complexity index is 664. The molecule has 2 atom stereocenters. The van der Waals surface area contributed by atoms with Gasteiger partial charge in [-0.15, -0.1) is 0 Å². The summed E-state index contributed by atoms with van der Waals surface area (Å²) in [6, 6.07) is 0. The zero-order valence-corrected chi connectivity index (χ0v) is 19.5. The minimum atomic E-state index is -2.87. The van der Waals surface area contributed by atoms with E-state index in [1.807, 2.05) is 13.8 Å². The van der Waals surface area contributed by atoms with Gasteiger partial charge < -0.3 is 60.3 Å². The molecule has 1 radical (unpaired) electrons. The van der Waals surface area contributed by atoms with Gasteiger partial charge >= 0.3 is 17.1 Å². The molecule has 0 aromatic rings. The van der Waals surface area contributed by atoms with Gasteiger partial charge in [0.05, 0.1) is 23.0 Å². The van der Waals surface area contributed by atoms with Gasteiger partial charge in [-0.2, -0.15) is 0 Å². The van der Waals surface area contributed by atoms with Gasteiger partial charge in [-0.05, 0) is 26.7 Å². The van der Waals surface area contributed by atoms with Crippen molar-refractivity contribution in [2.45, 2.75) is 37.8 Å². The van der Waals surface area contributed by atoms with Crippen LogP contribution in [-0.2, 0) is 62.0 Å². The Balaban J connectivity index is 0.000000443. The predicted octanol–water partition coefficient (Wildman–Crippen LogP) is -0.0325. The summed E-state index contributed by atoms with van der Waals surface area (Å²) in [4.78, 5) is 0. The molecule has 2 heterocycles.